The number of ether oxygens (including phenoxy) is 4. The van der Waals surface area contributed by atoms with E-state index >= 15 is 0 Å². The predicted molar refractivity (Wildman–Crippen MR) is 140 cm³/mol. The highest BCUT2D eigenvalue weighted by Gasteiger charge is 2.47. The second-order valence-corrected chi connectivity index (χ2v) is 10.5. The lowest BCUT2D eigenvalue weighted by molar-refractivity contribution is -0.151. The number of nitrogens with zero attached hydrogens (tertiary/aromatic N) is 1. The molecule has 6 rings (SSSR count). The number of amides is 1. The van der Waals surface area contributed by atoms with E-state index in [1.54, 1.807) is 18.2 Å². The van der Waals surface area contributed by atoms with Gasteiger partial charge in [0.2, 0.25) is 0 Å². The molecule has 1 N–H and O–H groups in total. The average Bonchev–Trinajstić information content (AvgIpc) is 3.63. The summed E-state index contributed by atoms with van der Waals surface area (Å²) in [7, 11) is 1.50. The largest absolute Gasteiger partial charge is 0.493 e. The molecule has 1 saturated heterocycles. The van der Waals surface area contributed by atoms with Crippen LogP contribution in [0.2, 0.25) is 0 Å². The predicted octanol–water partition coefficient (Wildman–Crippen LogP) is 5.64. The lowest BCUT2D eigenvalue weighted by atomic mass is 9.85. The van der Waals surface area contributed by atoms with Crippen molar-refractivity contribution in [3.05, 3.63) is 71.2 Å². The third-order valence-corrected chi connectivity index (χ3v) is 7.64. The van der Waals surface area contributed by atoms with Gasteiger partial charge in [-0.1, -0.05) is 0 Å². The number of hydrogen-bond acceptors (Lipinski definition) is 6. The quantitative estimate of drug-likeness (QED) is 0.335. The van der Waals surface area contributed by atoms with Crippen molar-refractivity contribution >= 4 is 5.91 Å². The topological polar surface area (TPSA) is 78.9 Å². The fourth-order valence-corrected chi connectivity index (χ4v) is 5.08. The number of hydrogen-bond donors (Lipinski definition) is 1. The van der Waals surface area contributed by atoms with Crippen molar-refractivity contribution < 1.29 is 41.3 Å². The number of methoxy groups -OCH3 is 1. The van der Waals surface area contributed by atoms with Crippen LogP contribution in [0.4, 0.5) is 17.6 Å². The molecule has 2 atom stereocenters. The summed E-state index contributed by atoms with van der Waals surface area (Å²) in [4.78, 5) is 17.9. The van der Waals surface area contributed by atoms with Gasteiger partial charge in [-0.3, -0.25) is 4.79 Å². The van der Waals surface area contributed by atoms with Crippen LogP contribution in [0.15, 0.2) is 48.5 Å². The van der Waals surface area contributed by atoms with E-state index in [-0.39, 0.29) is 41.5 Å². The molecule has 11 heteroatoms. The molecule has 1 unspecified atom stereocenters. The van der Waals surface area contributed by atoms with Gasteiger partial charge in [-0.05, 0) is 61.4 Å². The SMILES string of the molecule is COc1cc(C(=O)NCC(c2cc3c(c(-c4ccc(F)cc4)n2)OC[C@H]3C(F)(F)F)C2COC2)ccc1OC1CC1. The molecule has 216 valence electrons. The van der Waals surface area contributed by atoms with Crippen LogP contribution in [-0.4, -0.2) is 56.6 Å². The Morgan fingerprint density at radius 1 is 1.07 bits per heavy atom. The Balaban J connectivity index is 1.30. The van der Waals surface area contributed by atoms with Gasteiger partial charge in [0.05, 0.1) is 26.4 Å². The van der Waals surface area contributed by atoms with Gasteiger partial charge in [-0.15, -0.1) is 0 Å². The Morgan fingerprint density at radius 2 is 1.83 bits per heavy atom. The van der Waals surface area contributed by atoms with Crippen LogP contribution in [0.1, 0.15) is 46.3 Å². The second kappa shape index (κ2) is 10.8. The van der Waals surface area contributed by atoms with Gasteiger partial charge in [0.1, 0.15) is 29.8 Å². The van der Waals surface area contributed by atoms with Crippen molar-refractivity contribution in [3.8, 4) is 28.5 Å². The van der Waals surface area contributed by atoms with Crippen LogP contribution < -0.4 is 19.5 Å². The number of halogens is 4. The van der Waals surface area contributed by atoms with E-state index in [1.165, 1.54) is 37.4 Å². The Labute approximate surface area is 233 Å². The first-order chi connectivity index (χ1) is 19.7. The normalized spacial score (nSPS) is 19.1. The van der Waals surface area contributed by atoms with Crippen molar-refractivity contribution in [1.82, 2.24) is 10.3 Å². The van der Waals surface area contributed by atoms with Crippen molar-refractivity contribution in [1.29, 1.82) is 0 Å². The zero-order chi connectivity index (χ0) is 28.7. The Hall–Kier alpha value is -3.86. The molecule has 0 bridgehead atoms. The summed E-state index contributed by atoms with van der Waals surface area (Å²) >= 11 is 0. The van der Waals surface area contributed by atoms with E-state index in [1.807, 2.05) is 0 Å². The van der Waals surface area contributed by atoms with Gasteiger partial charge in [-0.25, -0.2) is 9.37 Å². The molecule has 0 radical (unpaired) electrons. The zero-order valence-electron chi connectivity index (χ0n) is 22.2. The molecule has 2 aromatic carbocycles. The van der Waals surface area contributed by atoms with Gasteiger partial charge in [-0.2, -0.15) is 13.2 Å². The standard InChI is InChI=1S/C30H28F4N2O5/c1-38-26-10-17(4-9-25(26)41-20-7-8-20)29(37)35-12-22(18-13-39-14-18)24-11-21-23(30(32,33)34)15-40-28(21)27(36-24)16-2-5-19(31)6-3-16/h2-6,9-11,18,20,22-23H,7-8,12-15H2,1H3,(H,35,37)/t22?,23-/m1/s1. The van der Waals surface area contributed by atoms with Crippen molar-refractivity contribution in [2.45, 2.75) is 37.0 Å². The highest BCUT2D eigenvalue weighted by atomic mass is 19.4. The van der Waals surface area contributed by atoms with Crippen LogP contribution in [0.25, 0.3) is 11.3 Å². The number of nitrogens with one attached hydrogen (secondary N) is 1. The van der Waals surface area contributed by atoms with Gasteiger partial charge in [0.25, 0.3) is 5.91 Å². The smallest absolute Gasteiger partial charge is 0.399 e. The van der Waals surface area contributed by atoms with Gasteiger partial charge >= 0.3 is 6.18 Å². The number of aromatic nitrogens is 1. The van der Waals surface area contributed by atoms with E-state index in [0.717, 1.165) is 12.8 Å². The summed E-state index contributed by atoms with van der Waals surface area (Å²) in [6.07, 6.45) is -2.40. The average molecular weight is 573 g/mol. The van der Waals surface area contributed by atoms with E-state index in [0.29, 0.717) is 41.5 Å². The van der Waals surface area contributed by atoms with E-state index in [9.17, 15) is 22.4 Å². The molecule has 3 aromatic rings. The second-order valence-electron chi connectivity index (χ2n) is 10.5. The number of benzene rings is 2. The lowest BCUT2D eigenvalue weighted by Crippen LogP contribution is -2.40. The summed E-state index contributed by atoms with van der Waals surface area (Å²) < 4.78 is 77.6. The minimum Gasteiger partial charge on any atom is -0.493 e. The number of alkyl halides is 3. The Morgan fingerprint density at radius 3 is 2.46 bits per heavy atom. The van der Waals surface area contributed by atoms with E-state index in [2.05, 4.69) is 5.32 Å². The molecule has 7 nitrogen and oxygen atoms in total. The first-order valence-electron chi connectivity index (χ1n) is 13.4. The number of carbonyl (C=O) groups is 1. The van der Waals surface area contributed by atoms with Crippen LogP contribution in [0.5, 0.6) is 17.2 Å². The summed E-state index contributed by atoms with van der Waals surface area (Å²) in [6, 6.07) is 11.7. The zero-order valence-corrected chi connectivity index (χ0v) is 22.2. The molecule has 1 amide bonds. The van der Waals surface area contributed by atoms with Crippen LogP contribution in [-0.2, 0) is 4.74 Å². The number of fused-ring (bicyclic) bond motifs is 1. The van der Waals surface area contributed by atoms with Crippen LogP contribution in [0.3, 0.4) is 0 Å². The van der Waals surface area contributed by atoms with Gasteiger partial charge < -0.3 is 24.3 Å². The Kier molecular flexibility index (Phi) is 7.23. The van der Waals surface area contributed by atoms with Crippen molar-refractivity contribution in [3.63, 3.8) is 0 Å². The molecular formula is C30H28F4N2O5. The molecule has 1 saturated carbocycles. The van der Waals surface area contributed by atoms with E-state index in [4.69, 9.17) is 23.9 Å². The van der Waals surface area contributed by atoms with Gasteiger partial charge in [0.15, 0.2) is 11.5 Å². The monoisotopic (exact) mass is 572 g/mol. The molecule has 3 aliphatic rings. The fourth-order valence-electron chi connectivity index (χ4n) is 5.08. The molecular weight excluding hydrogens is 544 g/mol. The highest BCUT2D eigenvalue weighted by molar-refractivity contribution is 5.95. The maximum Gasteiger partial charge on any atom is 0.399 e. The summed E-state index contributed by atoms with van der Waals surface area (Å²) in [5.41, 5.74) is 1.35. The fraction of sp³-hybridized carbons (Fsp3) is 0.400. The van der Waals surface area contributed by atoms with E-state index < -0.39 is 30.4 Å². The third kappa shape index (κ3) is 5.68. The number of rotatable bonds is 9. The molecule has 2 aliphatic heterocycles. The maximum atomic E-state index is 14.0. The molecule has 3 heterocycles. The summed E-state index contributed by atoms with van der Waals surface area (Å²) in [6.45, 7) is 0.312. The molecule has 41 heavy (non-hydrogen) atoms. The molecule has 0 spiro atoms. The number of pyridine rings is 1. The molecule has 1 aliphatic carbocycles. The first kappa shape index (κ1) is 27.3. The highest BCUT2D eigenvalue weighted by Crippen LogP contribution is 2.48. The molecule has 1 aromatic heterocycles. The van der Waals surface area contributed by atoms with Crippen molar-refractivity contribution in [2.24, 2.45) is 5.92 Å². The summed E-state index contributed by atoms with van der Waals surface area (Å²) in [5.74, 6) is -2.15. The van der Waals surface area contributed by atoms with Crippen LogP contribution in [0, 0.1) is 11.7 Å². The number of carbonyl (C=O) groups excluding carboxylic acids is 1. The van der Waals surface area contributed by atoms with Crippen LogP contribution >= 0.6 is 0 Å². The molecule has 2 fully saturated rings. The lowest BCUT2D eigenvalue weighted by Gasteiger charge is -2.34. The van der Waals surface area contributed by atoms with Crippen molar-refractivity contribution in [2.75, 3.05) is 33.5 Å². The summed E-state index contributed by atoms with van der Waals surface area (Å²) in [5, 5.41) is 2.91. The van der Waals surface area contributed by atoms with Gasteiger partial charge in [0, 0.05) is 40.8 Å². The minimum absolute atomic E-state index is 0.0191. The minimum atomic E-state index is -4.53. The third-order valence-electron chi connectivity index (χ3n) is 7.64. The first-order valence-corrected chi connectivity index (χ1v) is 13.4. The Bertz CT molecular complexity index is 1440. The maximum absolute atomic E-state index is 14.0.